The van der Waals surface area contributed by atoms with Crippen LogP contribution in [0.4, 0.5) is 0 Å². The van der Waals surface area contributed by atoms with Gasteiger partial charge in [-0.2, -0.15) is 0 Å². The lowest BCUT2D eigenvalue weighted by atomic mass is 9.61. The van der Waals surface area contributed by atoms with E-state index in [0.717, 1.165) is 6.42 Å². The van der Waals surface area contributed by atoms with Gasteiger partial charge in [-0.1, -0.05) is 20.8 Å². The molecule has 1 saturated carbocycles. The molecule has 1 rings (SSSR count). The van der Waals surface area contributed by atoms with Gasteiger partial charge in [-0.3, -0.25) is 9.59 Å². The van der Waals surface area contributed by atoms with Crippen molar-refractivity contribution in [2.75, 3.05) is 21.3 Å². The molecule has 5 nitrogen and oxygen atoms in total. The Labute approximate surface area is 114 Å². The largest absolute Gasteiger partial charge is 0.468 e. The van der Waals surface area contributed by atoms with Gasteiger partial charge in [-0.15, -0.1) is 0 Å². The average molecular weight is 272 g/mol. The van der Waals surface area contributed by atoms with E-state index < -0.39 is 23.3 Å². The number of rotatable bonds is 4. The third-order valence-electron chi connectivity index (χ3n) is 5.00. The molecule has 0 heterocycles. The van der Waals surface area contributed by atoms with Gasteiger partial charge in [-0.05, 0) is 23.7 Å². The Balaban J connectivity index is 3.21. The molecule has 0 aromatic carbocycles. The zero-order valence-electron chi connectivity index (χ0n) is 12.6. The molecule has 0 radical (unpaired) electrons. The smallest absolute Gasteiger partial charge is 0.320 e. The van der Waals surface area contributed by atoms with Gasteiger partial charge in [0.2, 0.25) is 0 Å². The summed E-state index contributed by atoms with van der Waals surface area (Å²) in [5, 5.41) is 0. The second kappa shape index (κ2) is 5.49. The van der Waals surface area contributed by atoms with Crippen molar-refractivity contribution in [2.24, 2.45) is 16.7 Å². The van der Waals surface area contributed by atoms with Crippen molar-refractivity contribution in [3.05, 3.63) is 0 Å². The van der Waals surface area contributed by atoms with E-state index in [9.17, 15) is 9.59 Å². The Hall–Kier alpha value is -1.10. The Morgan fingerprint density at radius 3 is 1.84 bits per heavy atom. The van der Waals surface area contributed by atoms with Crippen molar-refractivity contribution in [2.45, 2.75) is 39.7 Å². The highest BCUT2D eigenvalue weighted by Gasteiger charge is 2.60. The van der Waals surface area contributed by atoms with E-state index in [-0.39, 0.29) is 11.5 Å². The maximum absolute atomic E-state index is 12.0. The summed E-state index contributed by atoms with van der Waals surface area (Å²) in [6.45, 7) is 5.98. The van der Waals surface area contributed by atoms with Crippen LogP contribution in [0.2, 0.25) is 0 Å². The van der Waals surface area contributed by atoms with Crippen molar-refractivity contribution in [3.63, 3.8) is 0 Å². The molecule has 2 atom stereocenters. The number of carbonyl (C=O) groups is 2. The first-order valence-electron chi connectivity index (χ1n) is 6.44. The van der Waals surface area contributed by atoms with Gasteiger partial charge in [0.15, 0.2) is 5.92 Å². The number of methoxy groups -OCH3 is 3. The number of esters is 2. The fraction of sp³-hybridized carbons (Fsp3) is 0.857. The second-order valence-corrected chi connectivity index (χ2v) is 5.88. The van der Waals surface area contributed by atoms with Crippen LogP contribution in [-0.2, 0) is 23.8 Å². The maximum atomic E-state index is 12.0. The van der Waals surface area contributed by atoms with Gasteiger partial charge < -0.3 is 14.2 Å². The SMILES string of the molecule is COC(=O)C(C(=O)OC)[C@]1(C)CC[C@@H](OC)C1(C)C. The molecule has 19 heavy (non-hydrogen) atoms. The molecule has 0 aliphatic heterocycles. The van der Waals surface area contributed by atoms with Crippen molar-refractivity contribution in [1.29, 1.82) is 0 Å². The number of carbonyl (C=O) groups excluding carboxylic acids is 2. The van der Waals surface area contributed by atoms with Gasteiger partial charge in [0.1, 0.15) is 0 Å². The Bertz CT molecular complexity index is 347. The predicted molar refractivity (Wildman–Crippen MR) is 69.4 cm³/mol. The summed E-state index contributed by atoms with van der Waals surface area (Å²) < 4.78 is 15.1. The average Bonchev–Trinajstić information content (AvgIpc) is 2.60. The Morgan fingerprint density at radius 1 is 1.05 bits per heavy atom. The summed E-state index contributed by atoms with van der Waals surface area (Å²) in [7, 11) is 4.23. The van der Waals surface area contributed by atoms with Crippen LogP contribution in [0, 0.1) is 16.7 Å². The lowest BCUT2D eigenvalue weighted by molar-refractivity contribution is -0.171. The molecule has 0 unspecified atom stereocenters. The Morgan fingerprint density at radius 2 is 1.53 bits per heavy atom. The fourth-order valence-electron chi connectivity index (χ4n) is 3.26. The molecule has 0 amide bonds. The standard InChI is InChI=1S/C14H24O5/c1-13(2)9(17-4)7-8-14(13,3)10(11(15)18-5)12(16)19-6/h9-10H,7-8H2,1-6H3/t9-,14+/m1/s1. The molecule has 1 aliphatic rings. The van der Waals surface area contributed by atoms with Gasteiger partial charge in [-0.25, -0.2) is 0 Å². The molecular formula is C14H24O5. The topological polar surface area (TPSA) is 61.8 Å². The highest BCUT2D eigenvalue weighted by atomic mass is 16.5. The van der Waals surface area contributed by atoms with Crippen LogP contribution in [0.3, 0.4) is 0 Å². The maximum Gasteiger partial charge on any atom is 0.320 e. The molecule has 0 spiro atoms. The van der Waals surface area contributed by atoms with Gasteiger partial charge in [0.25, 0.3) is 0 Å². The third kappa shape index (κ3) is 2.36. The molecule has 0 bridgehead atoms. The molecule has 0 saturated heterocycles. The summed E-state index contributed by atoms with van der Waals surface area (Å²) in [5.41, 5.74) is -0.872. The van der Waals surface area contributed by atoms with E-state index in [0.29, 0.717) is 6.42 Å². The summed E-state index contributed by atoms with van der Waals surface area (Å²) >= 11 is 0. The molecular weight excluding hydrogens is 248 g/mol. The van der Waals surface area contributed by atoms with Crippen molar-refractivity contribution < 1.29 is 23.8 Å². The first-order valence-corrected chi connectivity index (χ1v) is 6.44. The molecule has 0 aromatic rings. The van der Waals surface area contributed by atoms with Crippen LogP contribution in [0.25, 0.3) is 0 Å². The number of hydrogen-bond donors (Lipinski definition) is 0. The van der Waals surface area contributed by atoms with E-state index in [4.69, 9.17) is 14.2 Å². The minimum Gasteiger partial charge on any atom is -0.468 e. The number of hydrogen-bond acceptors (Lipinski definition) is 5. The van der Waals surface area contributed by atoms with Crippen molar-refractivity contribution in [1.82, 2.24) is 0 Å². The first-order chi connectivity index (χ1) is 8.76. The van der Waals surface area contributed by atoms with Crippen molar-refractivity contribution >= 4 is 11.9 Å². The van der Waals surface area contributed by atoms with E-state index in [1.54, 1.807) is 7.11 Å². The lowest BCUT2D eigenvalue weighted by Crippen LogP contribution is -2.49. The molecule has 1 aliphatic carbocycles. The zero-order chi connectivity index (χ0) is 14.8. The summed E-state index contributed by atoms with van der Waals surface area (Å²) in [4.78, 5) is 24.0. The van der Waals surface area contributed by atoms with Crippen molar-refractivity contribution in [3.8, 4) is 0 Å². The minimum atomic E-state index is -0.919. The molecule has 1 fully saturated rings. The van der Waals surface area contributed by atoms with E-state index in [2.05, 4.69) is 0 Å². The lowest BCUT2D eigenvalue weighted by Gasteiger charge is -2.43. The first kappa shape index (κ1) is 16.0. The van der Waals surface area contributed by atoms with Gasteiger partial charge in [0, 0.05) is 7.11 Å². The quantitative estimate of drug-likeness (QED) is 0.577. The van der Waals surface area contributed by atoms with Crippen LogP contribution in [-0.4, -0.2) is 39.4 Å². The van der Waals surface area contributed by atoms with Gasteiger partial charge in [0.05, 0.1) is 20.3 Å². The van der Waals surface area contributed by atoms with Crippen LogP contribution >= 0.6 is 0 Å². The van der Waals surface area contributed by atoms with Crippen LogP contribution in [0.15, 0.2) is 0 Å². The highest BCUT2D eigenvalue weighted by Crippen LogP contribution is 2.58. The molecule has 0 N–H and O–H groups in total. The molecule has 0 aromatic heterocycles. The number of ether oxygens (including phenoxy) is 3. The van der Waals surface area contributed by atoms with E-state index in [1.165, 1.54) is 14.2 Å². The van der Waals surface area contributed by atoms with Crippen LogP contribution in [0.5, 0.6) is 0 Å². The Kier molecular flexibility index (Phi) is 4.61. The summed E-state index contributed by atoms with van der Waals surface area (Å²) in [6, 6.07) is 0. The van der Waals surface area contributed by atoms with E-state index >= 15 is 0 Å². The highest BCUT2D eigenvalue weighted by molar-refractivity contribution is 5.96. The zero-order valence-corrected chi connectivity index (χ0v) is 12.6. The van der Waals surface area contributed by atoms with E-state index in [1.807, 2.05) is 20.8 Å². The molecule has 110 valence electrons. The predicted octanol–water partition coefficient (Wildman–Crippen LogP) is 1.79. The van der Waals surface area contributed by atoms with Crippen LogP contribution < -0.4 is 0 Å². The van der Waals surface area contributed by atoms with Crippen LogP contribution in [0.1, 0.15) is 33.6 Å². The fourth-order valence-corrected chi connectivity index (χ4v) is 3.26. The summed E-state index contributed by atoms with van der Waals surface area (Å²) in [6.07, 6.45) is 1.53. The molecule has 5 heteroatoms. The monoisotopic (exact) mass is 272 g/mol. The normalized spacial score (nSPS) is 29.3. The second-order valence-electron chi connectivity index (χ2n) is 5.88. The third-order valence-corrected chi connectivity index (χ3v) is 5.00. The minimum absolute atomic E-state index is 0.00862. The summed E-state index contributed by atoms with van der Waals surface area (Å²) in [5.74, 6) is -2.00. The van der Waals surface area contributed by atoms with Gasteiger partial charge >= 0.3 is 11.9 Å².